The lowest BCUT2D eigenvalue weighted by Gasteiger charge is -2.14. The zero-order chi connectivity index (χ0) is 16.7. The van der Waals surface area contributed by atoms with E-state index in [-0.39, 0.29) is 25.0 Å². The number of amides is 2. The summed E-state index contributed by atoms with van der Waals surface area (Å²) in [6, 6.07) is 0. The highest BCUT2D eigenvalue weighted by Crippen LogP contribution is 1.90. The number of nitrogens with zero attached hydrogens (tertiary/aromatic N) is 2. The van der Waals surface area contributed by atoms with Crippen LogP contribution in [0.1, 0.15) is 0 Å². The lowest BCUT2D eigenvalue weighted by Crippen LogP contribution is -2.47. The molecule has 0 unspecified atom stereocenters. The van der Waals surface area contributed by atoms with Crippen LogP contribution in [0.5, 0.6) is 0 Å². The molecular weight excluding hydrogens is 320 g/mol. The van der Waals surface area contributed by atoms with Crippen LogP contribution >= 0.6 is 0 Å². The molecule has 0 bridgehead atoms. The number of nitrogens with one attached hydrogen (secondary N) is 4. The summed E-state index contributed by atoms with van der Waals surface area (Å²) in [4.78, 5) is 52.5. The molecular formula is C9H10N6O8. The summed E-state index contributed by atoms with van der Waals surface area (Å²) in [7, 11) is 0. The van der Waals surface area contributed by atoms with Gasteiger partial charge in [-0.3, -0.25) is 10.6 Å². The molecule has 0 fully saturated rings. The first-order valence-electron chi connectivity index (χ1n) is 5.94. The van der Waals surface area contributed by atoms with Gasteiger partial charge >= 0.3 is 24.1 Å². The summed E-state index contributed by atoms with van der Waals surface area (Å²) in [6.07, 6.45) is -2.02. The molecule has 0 aromatic rings. The summed E-state index contributed by atoms with van der Waals surface area (Å²) in [5.74, 6) is -1.51. The maximum absolute atomic E-state index is 11.3. The third kappa shape index (κ3) is 5.37. The number of alkyl carbamates (subject to hydrolysis) is 2. The van der Waals surface area contributed by atoms with Crippen LogP contribution in [-0.2, 0) is 28.7 Å². The fourth-order valence-corrected chi connectivity index (χ4v) is 1.17. The maximum atomic E-state index is 11.3. The highest BCUT2D eigenvalue weighted by Gasteiger charge is 2.17. The monoisotopic (exact) mass is 330 g/mol. The Balaban J connectivity index is 1.62. The van der Waals surface area contributed by atoms with Gasteiger partial charge in [0.15, 0.2) is 0 Å². The van der Waals surface area contributed by atoms with E-state index in [1.165, 1.54) is 0 Å². The van der Waals surface area contributed by atoms with E-state index in [1.54, 1.807) is 0 Å². The molecule has 23 heavy (non-hydrogen) atoms. The third-order valence-corrected chi connectivity index (χ3v) is 2.10. The summed E-state index contributed by atoms with van der Waals surface area (Å²) in [5.41, 5.74) is 0. The van der Waals surface area contributed by atoms with Crippen molar-refractivity contribution in [1.29, 1.82) is 0 Å². The number of carbonyl (C=O) groups excluding carboxylic acids is 4. The van der Waals surface area contributed by atoms with Crippen molar-refractivity contribution >= 4 is 36.0 Å². The van der Waals surface area contributed by atoms with Crippen LogP contribution in [0.4, 0.5) is 9.59 Å². The Kier molecular flexibility index (Phi) is 5.11. The van der Waals surface area contributed by atoms with Crippen molar-refractivity contribution in [2.45, 2.75) is 0 Å². The Labute approximate surface area is 127 Å². The Bertz CT molecular complexity index is 537. The average molecular weight is 330 g/mol. The number of guanidine groups is 2. The number of carbonyl (C=O) groups is 4. The minimum atomic E-state index is -1.01. The van der Waals surface area contributed by atoms with Crippen LogP contribution in [-0.4, -0.2) is 55.9 Å². The molecule has 0 atom stereocenters. The fraction of sp³-hybridized carbons (Fsp3) is 0.333. The molecule has 0 aromatic carbocycles. The molecule has 14 heteroatoms. The van der Waals surface area contributed by atoms with Crippen molar-refractivity contribution in [3.05, 3.63) is 0 Å². The molecule has 0 aromatic heterocycles. The van der Waals surface area contributed by atoms with Gasteiger partial charge in [-0.25, -0.2) is 19.2 Å². The smallest absolute Gasteiger partial charge is 0.411 e. The van der Waals surface area contributed by atoms with E-state index < -0.39 is 30.9 Å². The Morgan fingerprint density at radius 3 is 1.74 bits per heavy atom. The van der Waals surface area contributed by atoms with Gasteiger partial charge in [0, 0.05) is 0 Å². The van der Waals surface area contributed by atoms with Crippen LogP contribution < -0.4 is 21.3 Å². The van der Waals surface area contributed by atoms with Crippen LogP contribution in [0.25, 0.3) is 0 Å². The molecule has 2 heterocycles. The fourth-order valence-electron chi connectivity index (χ4n) is 1.17. The molecule has 14 nitrogen and oxygen atoms in total. The second-order valence-corrected chi connectivity index (χ2v) is 3.74. The van der Waals surface area contributed by atoms with Gasteiger partial charge in [-0.1, -0.05) is 0 Å². The Hall–Kier alpha value is -3.58. The molecule has 2 rings (SSSR count). The molecule has 124 valence electrons. The second kappa shape index (κ2) is 7.43. The molecule has 4 N–H and O–H groups in total. The minimum absolute atomic E-state index is 0.137. The van der Waals surface area contributed by atoms with E-state index >= 15 is 0 Å². The first kappa shape index (κ1) is 15.8. The van der Waals surface area contributed by atoms with Gasteiger partial charge in [0.05, 0.1) is 0 Å². The van der Waals surface area contributed by atoms with Crippen LogP contribution in [0.2, 0.25) is 0 Å². The zero-order valence-corrected chi connectivity index (χ0v) is 11.3. The maximum Gasteiger partial charge on any atom is 0.416 e. The first-order valence-corrected chi connectivity index (χ1v) is 5.94. The van der Waals surface area contributed by atoms with Crippen molar-refractivity contribution < 1.29 is 38.3 Å². The molecule has 0 saturated carbocycles. The third-order valence-electron chi connectivity index (χ3n) is 2.10. The van der Waals surface area contributed by atoms with Gasteiger partial charge in [-0.05, 0) is 10.3 Å². The van der Waals surface area contributed by atoms with Crippen LogP contribution in [0.3, 0.4) is 0 Å². The lowest BCUT2D eigenvalue weighted by atomic mass is 10.6. The normalized spacial score (nSPS) is 16.3. The number of ether oxygens (including phenoxy) is 2. The number of oxime groups is 2. The average Bonchev–Trinajstić information content (AvgIpc) is 2.52. The highest BCUT2D eigenvalue weighted by molar-refractivity contribution is 5.97. The van der Waals surface area contributed by atoms with Gasteiger partial charge in [0.2, 0.25) is 18.7 Å². The summed E-state index contributed by atoms with van der Waals surface area (Å²) >= 11 is 0. The first-order chi connectivity index (χ1) is 11.0. The molecule has 0 saturated heterocycles. The molecule has 0 spiro atoms. The SMILES string of the molecule is O=C1CNC(NC(=O)OCOC(=O)NC2=NOC(=O)CN2)=NO1. The quantitative estimate of drug-likeness (QED) is 0.306. The summed E-state index contributed by atoms with van der Waals surface area (Å²) in [5, 5.41) is 15.5. The van der Waals surface area contributed by atoms with E-state index in [0.29, 0.717) is 0 Å². The second-order valence-electron chi connectivity index (χ2n) is 3.74. The number of rotatable bonds is 2. The minimum Gasteiger partial charge on any atom is -0.411 e. The topological polar surface area (TPSA) is 178 Å². The standard InChI is InChI=1S/C9H10N6O8/c16-4-1-10-6(14-22-4)12-8(18)20-3-21-9(19)13-7-11-2-5(17)23-15-7/h1-3H2,(H2,10,12,14,18)(H2,11,13,15,19). The van der Waals surface area contributed by atoms with E-state index in [0.717, 1.165) is 0 Å². The van der Waals surface area contributed by atoms with Gasteiger partial charge < -0.3 is 29.8 Å². The number of hydrogen-bond donors (Lipinski definition) is 4. The highest BCUT2D eigenvalue weighted by atomic mass is 16.7. The molecule has 0 radical (unpaired) electrons. The van der Waals surface area contributed by atoms with Crippen LogP contribution in [0.15, 0.2) is 10.3 Å². The predicted molar refractivity (Wildman–Crippen MR) is 67.2 cm³/mol. The van der Waals surface area contributed by atoms with Crippen molar-refractivity contribution in [3.63, 3.8) is 0 Å². The molecule has 2 aliphatic rings. The van der Waals surface area contributed by atoms with Gasteiger partial charge in [0.25, 0.3) is 0 Å². The lowest BCUT2D eigenvalue weighted by molar-refractivity contribution is -0.144. The Morgan fingerprint density at radius 1 is 0.957 bits per heavy atom. The van der Waals surface area contributed by atoms with Crippen molar-refractivity contribution in [2.24, 2.45) is 10.3 Å². The van der Waals surface area contributed by atoms with E-state index in [9.17, 15) is 19.2 Å². The molecule has 2 aliphatic heterocycles. The zero-order valence-electron chi connectivity index (χ0n) is 11.3. The summed E-state index contributed by atoms with van der Waals surface area (Å²) < 4.78 is 9.02. The van der Waals surface area contributed by atoms with Gasteiger partial charge in [-0.15, -0.1) is 0 Å². The predicted octanol–water partition coefficient (Wildman–Crippen LogP) is -2.77. The van der Waals surface area contributed by atoms with Gasteiger partial charge in [-0.2, -0.15) is 0 Å². The van der Waals surface area contributed by atoms with E-state index in [1.807, 2.05) is 0 Å². The van der Waals surface area contributed by atoms with Crippen LogP contribution in [0, 0.1) is 0 Å². The van der Waals surface area contributed by atoms with Crippen molar-refractivity contribution in [1.82, 2.24) is 21.3 Å². The molecule has 0 aliphatic carbocycles. The number of hydrogen-bond acceptors (Lipinski definition) is 12. The summed E-state index contributed by atoms with van der Waals surface area (Å²) in [6.45, 7) is -1.06. The Morgan fingerprint density at radius 2 is 1.39 bits per heavy atom. The van der Waals surface area contributed by atoms with E-state index in [2.05, 4.69) is 50.7 Å². The molecule has 2 amide bonds. The van der Waals surface area contributed by atoms with E-state index in [4.69, 9.17) is 0 Å². The van der Waals surface area contributed by atoms with Crippen molar-refractivity contribution in [2.75, 3.05) is 19.9 Å². The van der Waals surface area contributed by atoms with Gasteiger partial charge in [0.1, 0.15) is 13.1 Å². The van der Waals surface area contributed by atoms with Crippen molar-refractivity contribution in [3.8, 4) is 0 Å². The largest absolute Gasteiger partial charge is 0.416 e.